The highest BCUT2D eigenvalue weighted by Crippen LogP contribution is 2.25. The molecule has 1 rings (SSSR count). The first-order valence-electron chi connectivity index (χ1n) is 4.44. The van der Waals surface area contributed by atoms with Gasteiger partial charge in [0.25, 0.3) is 0 Å². The van der Waals surface area contributed by atoms with Crippen LogP contribution in [-0.4, -0.2) is 4.21 Å². The molecule has 0 aliphatic heterocycles. The smallest absolute Gasteiger partial charge is 0.191 e. The van der Waals surface area contributed by atoms with Crippen molar-refractivity contribution in [3.05, 3.63) is 29.3 Å². The molecule has 1 aromatic carbocycles. The molecule has 0 saturated heterocycles. The molecule has 0 aliphatic carbocycles. The van der Waals surface area contributed by atoms with Gasteiger partial charge in [0.1, 0.15) is 0 Å². The molecule has 0 aliphatic rings. The summed E-state index contributed by atoms with van der Waals surface area (Å²) < 4.78 is 14.3. The SMILES string of the molecule is CCc1cccc(CC)c1N=S=O. The second-order valence-electron chi connectivity index (χ2n) is 2.80. The van der Waals surface area contributed by atoms with Gasteiger partial charge in [-0.3, -0.25) is 0 Å². The summed E-state index contributed by atoms with van der Waals surface area (Å²) in [4.78, 5) is 0. The van der Waals surface area contributed by atoms with Crippen LogP contribution in [0.5, 0.6) is 0 Å². The van der Waals surface area contributed by atoms with Crippen molar-refractivity contribution in [2.45, 2.75) is 26.7 Å². The quantitative estimate of drug-likeness (QED) is 0.729. The highest BCUT2D eigenvalue weighted by Gasteiger charge is 2.03. The highest BCUT2D eigenvalue weighted by atomic mass is 32.1. The fraction of sp³-hybridized carbons (Fsp3) is 0.400. The van der Waals surface area contributed by atoms with Crippen LogP contribution < -0.4 is 0 Å². The van der Waals surface area contributed by atoms with Crippen LogP contribution in [-0.2, 0) is 24.3 Å². The van der Waals surface area contributed by atoms with Crippen molar-refractivity contribution < 1.29 is 4.21 Å². The molecule has 3 heteroatoms. The molecule has 0 heterocycles. The molecule has 0 saturated carbocycles. The van der Waals surface area contributed by atoms with Gasteiger partial charge in [-0.1, -0.05) is 32.0 Å². The second-order valence-corrected chi connectivity index (χ2v) is 3.13. The fourth-order valence-electron chi connectivity index (χ4n) is 1.37. The van der Waals surface area contributed by atoms with E-state index in [0.29, 0.717) is 0 Å². The normalized spacial score (nSPS) is 9.69. The van der Waals surface area contributed by atoms with Crippen LogP contribution in [0.2, 0.25) is 0 Å². The van der Waals surface area contributed by atoms with Gasteiger partial charge in [-0.15, -0.1) is 0 Å². The lowest BCUT2D eigenvalue weighted by molar-refractivity contribution is 0.698. The standard InChI is InChI=1S/C10H13NOS/c1-3-8-6-5-7-9(4-2)10(8)11-13-12/h5-7H,3-4H2,1-2H3. The minimum absolute atomic E-state index is 0.289. The number of rotatable bonds is 3. The molecule has 0 aromatic heterocycles. The minimum atomic E-state index is 0.289. The largest absolute Gasteiger partial charge is 0.205 e. The summed E-state index contributed by atoms with van der Waals surface area (Å²) in [5, 5.41) is 0. The van der Waals surface area contributed by atoms with Crippen molar-refractivity contribution in [2.75, 3.05) is 0 Å². The van der Waals surface area contributed by atoms with Crippen molar-refractivity contribution >= 4 is 17.2 Å². The molecule has 0 fully saturated rings. The molecule has 70 valence electrons. The number of benzene rings is 1. The average Bonchev–Trinajstić information content (AvgIpc) is 2.18. The summed E-state index contributed by atoms with van der Waals surface area (Å²) in [5.41, 5.74) is 3.19. The third kappa shape index (κ3) is 2.25. The average molecular weight is 195 g/mol. The summed E-state index contributed by atoms with van der Waals surface area (Å²) in [6, 6.07) is 6.06. The predicted molar refractivity (Wildman–Crippen MR) is 55.4 cm³/mol. The predicted octanol–water partition coefficient (Wildman–Crippen LogP) is 2.84. The van der Waals surface area contributed by atoms with E-state index < -0.39 is 0 Å². The van der Waals surface area contributed by atoms with E-state index in [1.54, 1.807) is 0 Å². The number of hydrogen-bond acceptors (Lipinski definition) is 2. The molecule has 0 radical (unpaired) electrons. The number of aryl methyl sites for hydroxylation is 2. The number of nitrogens with zero attached hydrogens (tertiary/aromatic N) is 1. The van der Waals surface area contributed by atoms with Crippen molar-refractivity contribution in [1.82, 2.24) is 0 Å². The van der Waals surface area contributed by atoms with Gasteiger partial charge in [-0.25, -0.2) is 0 Å². The zero-order valence-electron chi connectivity index (χ0n) is 7.91. The monoisotopic (exact) mass is 195 g/mol. The Bertz CT molecular complexity index is 321. The molecular weight excluding hydrogens is 182 g/mol. The molecule has 0 amide bonds. The Morgan fingerprint density at radius 1 is 1.23 bits per heavy atom. The Morgan fingerprint density at radius 3 is 2.15 bits per heavy atom. The molecule has 1 aromatic rings. The summed E-state index contributed by atoms with van der Waals surface area (Å²) in [6.45, 7) is 4.15. The van der Waals surface area contributed by atoms with Crippen LogP contribution in [0.4, 0.5) is 5.69 Å². The maximum Gasteiger partial charge on any atom is 0.205 e. The Labute approximate surface area is 82.2 Å². The molecule has 13 heavy (non-hydrogen) atoms. The molecule has 2 nitrogen and oxygen atoms in total. The first-order chi connectivity index (χ1) is 6.33. The first-order valence-corrected chi connectivity index (χ1v) is 5.14. The molecule has 0 bridgehead atoms. The van der Waals surface area contributed by atoms with Crippen LogP contribution in [0.1, 0.15) is 25.0 Å². The van der Waals surface area contributed by atoms with E-state index in [9.17, 15) is 4.21 Å². The highest BCUT2D eigenvalue weighted by molar-refractivity contribution is 7.54. The van der Waals surface area contributed by atoms with Gasteiger partial charge < -0.3 is 0 Å². The zero-order chi connectivity index (χ0) is 9.68. The van der Waals surface area contributed by atoms with Crippen LogP contribution >= 0.6 is 0 Å². The molecule has 0 atom stereocenters. The molecule has 0 unspecified atom stereocenters. The van der Waals surface area contributed by atoms with Gasteiger partial charge >= 0.3 is 0 Å². The van der Waals surface area contributed by atoms with E-state index >= 15 is 0 Å². The summed E-state index contributed by atoms with van der Waals surface area (Å²) in [7, 11) is 0. The van der Waals surface area contributed by atoms with Gasteiger partial charge in [0.15, 0.2) is 0 Å². The summed E-state index contributed by atoms with van der Waals surface area (Å²) in [5.74, 6) is 0. The first kappa shape index (κ1) is 10.1. The topological polar surface area (TPSA) is 29.4 Å². The van der Waals surface area contributed by atoms with Crippen molar-refractivity contribution in [1.29, 1.82) is 0 Å². The molecule has 0 spiro atoms. The Balaban J connectivity index is 3.28. The van der Waals surface area contributed by atoms with Gasteiger partial charge in [-0.05, 0) is 24.0 Å². The van der Waals surface area contributed by atoms with Gasteiger partial charge in [-0.2, -0.15) is 8.57 Å². The van der Waals surface area contributed by atoms with Gasteiger partial charge in [0.2, 0.25) is 11.5 Å². The summed E-state index contributed by atoms with van der Waals surface area (Å²) in [6.07, 6.45) is 1.85. The van der Waals surface area contributed by atoms with E-state index in [1.165, 1.54) is 0 Å². The molecular formula is C10H13NOS. The third-order valence-corrected chi connectivity index (χ3v) is 2.35. The van der Waals surface area contributed by atoms with Crippen molar-refractivity contribution in [2.24, 2.45) is 4.36 Å². The lowest BCUT2D eigenvalue weighted by Gasteiger charge is -2.05. The third-order valence-electron chi connectivity index (χ3n) is 2.09. The fourth-order valence-corrected chi connectivity index (χ4v) is 1.68. The van der Waals surface area contributed by atoms with Gasteiger partial charge in [0.05, 0.1) is 5.69 Å². The summed E-state index contributed by atoms with van der Waals surface area (Å²) >= 11 is 0.289. The van der Waals surface area contributed by atoms with E-state index in [2.05, 4.69) is 18.2 Å². The lowest BCUT2D eigenvalue weighted by Crippen LogP contribution is -1.87. The van der Waals surface area contributed by atoms with Crippen molar-refractivity contribution in [3.8, 4) is 0 Å². The van der Waals surface area contributed by atoms with Crippen LogP contribution in [0.25, 0.3) is 0 Å². The Hall–Kier alpha value is -0.960. The molecule has 0 N–H and O–H groups in total. The maximum atomic E-state index is 10.4. The Morgan fingerprint density at radius 2 is 1.77 bits per heavy atom. The maximum absolute atomic E-state index is 10.4. The van der Waals surface area contributed by atoms with E-state index in [0.717, 1.165) is 29.7 Å². The lowest BCUT2D eigenvalue weighted by atomic mass is 10.0. The minimum Gasteiger partial charge on any atom is -0.191 e. The van der Waals surface area contributed by atoms with Gasteiger partial charge in [0, 0.05) is 0 Å². The second kappa shape index (κ2) is 4.92. The van der Waals surface area contributed by atoms with E-state index in [1.807, 2.05) is 18.2 Å². The van der Waals surface area contributed by atoms with Crippen LogP contribution in [0, 0.1) is 0 Å². The van der Waals surface area contributed by atoms with Crippen LogP contribution in [0.3, 0.4) is 0 Å². The van der Waals surface area contributed by atoms with E-state index in [-0.39, 0.29) is 11.5 Å². The van der Waals surface area contributed by atoms with Crippen molar-refractivity contribution in [3.63, 3.8) is 0 Å². The van der Waals surface area contributed by atoms with E-state index in [4.69, 9.17) is 0 Å². The number of hydrogen-bond donors (Lipinski definition) is 0. The van der Waals surface area contributed by atoms with Crippen LogP contribution in [0.15, 0.2) is 22.6 Å². The zero-order valence-corrected chi connectivity index (χ0v) is 8.73. The Kier molecular flexibility index (Phi) is 3.83.